The Balaban J connectivity index is 2.29. The lowest BCUT2D eigenvalue weighted by molar-refractivity contribution is -0.155. The fourth-order valence-electron chi connectivity index (χ4n) is 2.52. The molecule has 0 aromatic rings. The Morgan fingerprint density at radius 3 is 2.60 bits per heavy atom. The topological polar surface area (TPSA) is 102 Å². The van der Waals surface area contributed by atoms with E-state index >= 15 is 0 Å². The fraction of sp³-hybridized carbons (Fsp3) is 0.667. The molecule has 0 aromatic carbocycles. The van der Waals surface area contributed by atoms with Crippen LogP contribution in [0.4, 0.5) is 0 Å². The highest BCUT2D eigenvalue weighted by molar-refractivity contribution is 7.80. The Morgan fingerprint density at radius 1 is 1.45 bits per heavy atom. The molecule has 20 heavy (non-hydrogen) atoms. The molecule has 2 aliphatic heterocycles. The van der Waals surface area contributed by atoms with E-state index in [1.165, 1.54) is 4.90 Å². The van der Waals surface area contributed by atoms with Gasteiger partial charge in [0.05, 0.1) is 4.99 Å². The average Bonchev–Trinajstić information content (AvgIpc) is 2.42. The summed E-state index contributed by atoms with van der Waals surface area (Å²) in [6.07, 6.45) is 0.750. The molecule has 0 aliphatic carbocycles. The Kier molecular flexibility index (Phi) is 4.05. The summed E-state index contributed by atoms with van der Waals surface area (Å²) in [5.41, 5.74) is 4.75. The number of carbonyl (C=O) groups is 3. The number of hydrogen-bond donors (Lipinski definition) is 2. The molecule has 2 rings (SSSR count). The van der Waals surface area contributed by atoms with Crippen molar-refractivity contribution in [2.24, 2.45) is 11.1 Å². The zero-order valence-electron chi connectivity index (χ0n) is 11.2. The van der Waals surface area contributed by atoms with E-state index in [2.05, 4.69) is 5.32 Å². The van der Waals surface area contributed by atoms with Crippen molar-refractivity contribution in [2.45, 2.75) is 25.8 Å². The molecule has 0 aromatic heterocycles. The predicted molar refractivity (Wildman–Crippen MR) is 73.6 cm³/mol. The average molecular weight is 299 g/mol. The molecule has 0 saturated carbocycles. The molecule has 7 nitrogen and oxygen atoms in total. The Hall–Kier alpha value is -1.54. The van der Waals surface area contributed by atoms with Gasteiger partial charge in [0.15, 0.2) is 0 Å². The quantitative estimate of drug-likeness (QED) is 0.498. The lowest BCUT2D eigenvalue weighted by Crippen LogP contribution is -2.63. The summed E-state index contributed by atoms with van der Waals surface area (Å²) in [6.45, 7) is 2.18. The fourth-order valence-corrected chi connectivity index (χ4v) is 2.81. The van der Waals surface area contributed by atoms with Gasteiger partial charge in [-0.05, 0) is 19.8 Å². The lowest BCUT2D eigenvalue weighted by Gasteiger charge is -2.41. The first-order valence-electron chi connectivity index (χ1n) is 6.41. The molecule has 0 spiro atoms. The third-order valence-electron chi connectivity index (χ3n) is 3.91. The van der Waals surface area contributed by atoms with Gasteiger partial charge in [0.25, 0.3) is 0 Å². The van der Waals surface area contributed by atoms with Crippen LogP contribution in [0, 0.1) is 5.41 Å². The SMILES string of the molecule is CC1C(=O)NC(=O)CN1C(=O)C1(C(N)=S)CCOCC1. The van der Waals surface area contributed by atoms with Gasteiger partial charge in [-0.1, -0.05) is 12.2 Å². The van der Waals surface area contributed by atoms with Crippen LogP contribution in [0.2, 0.25) is 0 Å². The Labute approximate surface area is 121 Å². The second kappa shape index (κ2) is 5.45. The van der Waals surface area contributed by atoms with Crippen molar-refractivity contribution < 1.29 is 19.1 Å². The molecule has 2 saturated heterocycles. The van der Waals surface area contributed by atoms with Crippen LogP contribution in [0.15, 0.2) is 0 Å². The van der Waals surface area contributed by atoms with Gasteiger partial charge in [-0.2, -0.15) is 0 Å². The molecule has 3 N–H and O–H groups in total. The molecule has 0 bridgehead atoms. The van der Waals surface area contributed by atoms with E-state index in [4.69, 9.17) is 22.7 Å². The number of nitrogens with two attached hydrogens (primary N) is 1. The summed E-state index contributed by atoms with van der Waals surface area (Å²) in [5, 5.41) is 2.20. The van der Waals surface area contributed by atoms with Gasteiger partial charge in [-0.25, -0.2) is 0 Å². The number of imide groups is 1. The number of nitrogens with zero attached hydrogens (tertiary/aromatic N) is 1. The monoisotopic (exact) mass is 299 g/mol. The zero-order valence-corrected chi connectivity index (χ0v) is 12.0. The van der Waals surface area contributed by atoms with Crippen molar-refractivity contribution in [1.82, 2.24) is 10.2 Å². The van der Waals surface area contributed by atoms with Crippen LogP contribution in [0.5, 0.6) is 0 Å². The normalized spacial score (nSPS) is 26.1. The number of rotatable bonds is 2. The molecular formula is C12H17N3O4S. The minimum atomic E-state index is -1.01. The molecule has 8 heteroatoms. The second-order valence-electron chi connectivity index (χ2n) is 5.08. The van der Waals surface area contributed by atoms with Gasteiger partial charge < -0.3 is 15.4 Å². The number of piperazine rings is 1. The van der Waals surface area contributed by atoms with Crippen LogP contribution in [0.1, 0.15) is 19.8 Å². The predicted octanol–water partition coefficient (Wildman–Crippen LogP) is -1.06. The number of hydrogen-bond acceptors (Lipinski definition) is 5. The highest BCUT2D eigenvalue weighted by atomic mass is 32.1. The van der Waals surface area contributed by atoms with Gasteiger partial charge in [0.2, 0.25) is 17.7 Å². The maximum atomic E-state index is 12.8. The van der Waals surface area contributed by atoms with Crippen molar-refractivity contribution >= 4 is 34.9 Å². The van der Waals surface area contributed by atoms with E-state index in [-0.39, 0.29) is 17.4 Å². The lowest BCUT2D eigenvalue weighted by atomic mass is 9.78. The Morgan fingerprint density at radius 2 is 2.05 bits per heavy atom. The van der Waals surface area contributed by atoms with Crippen LogP contribution >= 0.6 is 12.2 Å². The van der Waals surface area contributed by atoms with Crippen LogP contribution in [0.3, 0.4) is 0 Å². The molecule has 2 fully saturated rings. The molecule has 1 unspecified atom stereocenters. The van der Waals surface area contributed by atoms with Crippen LogP contribution < -0.4 is 11.1 Å². The number of amides is 3. The first-order valence-corrected chi connectivity index (χ1v) is 6.82. The smallest absolute Gasteiger partial charge is 0.249 e. The highest BCUT2D eigenvalue weighted by Crippen LogP contribution is 2.34. The molecule has 2 aliphatic rings. The standard InChI is InChI=1S/C12H17N3O4S/c1-7-9(17)14-8(16)6-15(7)11(18)12(10(13)20)2-4-19-5-3-12/h7H,2-6H2,1H3,(H2,13,20)(H,14,16,17). The van der Waals surface area contributed by atoms with Gasteiger partial charge in [-0.3, -0.25) is 19.7 Å². The minimum Gasteiger partial charge on any atom is -0.392 e. The van der Waals surface area contributed by atoms with E-state index in [0.29, 0.717) is 26.1 Å². The van der Waals surface area contributed by atoms with E-state index in [1.807, 2.05) is 0 Å². The van der Waals surface area contributed by atoms with Crippen molar-refractivity contribution in [1.29, 1.82) is 0 Å². The third-order valence-corrected chi connectivity index (χ3v) is 4.30. The Bertz CT molecular complexity index is 473. The maximum absolute atomic E-state index is 12.8. The number of thiocarbonyl (C=S) groups is 1. The zero-order chi connectivity index (χ0) is 14.9. The molecule has 110 valence electrons. The second-order valence-corrected chi connectivity index (χ2v) is 5.52. The van der Waals surface area contributed by atoms with Crippen LogP contribution in [-0.2, 0) is 19.1 Å². The summed E-state index contributed by atoms with van der Waals surface area (Å²) >= 11 is 5.06. The van der Waals surface area contributed by atoms with Crippen LogP contribution in [-0.4, -0.2) is 53.4 Å². The third kappa shape index (κ3) is 2.40. The largest absolute Gasteiger partial charge is 0.392 e. The van der Waals surface area contributed by atoms with Crippen molar-refractivity contribution in [3.8, 4) is 0 Å². The van der Waals surface area contributed by atoms with Gasteiger partial charge in [-0.15, -0.1) is 0 Å². The van der Waals surface area contributed by atoms with Crippen molar-refractivity contribution in [3.05, 3.63) is 0 Å². The number of nitrogens with one attached hydrogen (secondary N) is 1. The molecule has 1 atom stereocenters. The highest BCUT2D eigenvalue weighted by Gasteiger charge is 2.48. The molecular weight excluding hydrogens is 282 g/mol. The van der Waals surface area contributed by atoms with Crippen molar-refractivity contribution in [3.63, 3.8) is 0 Å². The summed E-state index contributed by atoms with van der Waals surface area (Å²) in [6, 6.07) is -0.714. The van der Waals surface area contributed by atoms with Crippen molar-refractivity contribution in [2.75, 3.05) is 19.8 Å². The van der Waals surface area contributed by atoms with E-state index < -0.39 is 23.3 Å². The molecule has 0 radical (unpaired) electrons. The van der Waals surface area contributed by atoms with E-state index in [9.17, 15) is 14.4 Å². The van der Waals surface area contributed by atoms with Crippen LogP contribution in [0.25, 0.3) is 0 Å². The molecule has 2 heterocycles. The maximum Gasteiger partial charge on any atom is 0.249 e. The van der Waals surface area contributed by atoms with Gasteiger partial charge in [0, 0.05) is 13.2 Å². The number of carbonyl (C=O) groups excluding carboxylic acids is 3. The van der Waals surface area contributed by atoms with E-state index in [1.54, 1.807) is 6.92 Å². The van der Waals surface area contributed by atoms with Gasteiger partial charge >= 0.3 is 0 Å². The number of ether oxygens (including phenoxy) is 1. The summed E-state index contributed by atoms with van der Waals surface area (Å²) in [4.78, 5) is 37.3. The summed E-state index contributed by atoms with van der Waals surface area (Å²) < 4.78 is 5.25. The molecule has 3 amide bonds. The minimum absolute atomic E-state index is 0.0939. The first kappa shape index (κ1) is 14.9. The van der Waals surface area contributed by atoms with E-state index in [0.717, 1.165) is 0 Å². The summed E-state index contributed by atoms with van der Waals surface area (Å²) in [7, 11) is 0. The van der Waals surface area contributed by atoms with Gasteiger partial charge in [0.1, 0.15) is 18.0 Å². The first-order chi connectivity index (χ1) is 9.38. The summed E-state index contributed by atoms with van der Waals surface area (Å²) in [5.74, 6) is -1.34.